The summed E-state index contributed by atoms with van der Waals surface area (Å²) >= 11 is 1.61. The fraction of sp³-hybridized carbons (Fsp3) is 0.333. The molecule has 0 saturated heterocycles. The van der Waals surface area contributed by atoms with Gasteiger partial charge in [0.05, 0.1) is 4.90 Å². The minimum absolute atomic E-state index is 0.189. The van der Waals surface area contributed by atoms with E-state index >= 15 is 0 Å². The normalized spacial score (nSPS) is 18.0. The van der Waals surface area contributed by atoms with Crippen LogP contribution in [0.3, 0.4) is 0 Å². The van der Waals surface area contributed by atoms with Crippen molar-refractivity contribution in [3.05, 3.63) is 42.5 Å². The van der Waals surface area contributed by atoms with Crippen LogP contribution in [0.1, 0.15) is 12.0 Å². The van der Waals surface area contributed by atoms with E-state index in [1.807, 2.05) is 6.26 Å². The monoisotopic (exact) mass is 353 g/mol. The molecule has 0 bridgehead atoms. The van der Waals surface area contributed by atoms with Crippen LogP contribution in [0.2, 0.25) is 0 Å². The zero-order valence-electron chi connectivity index (χ0n) is 12.8. The Morgan fingerprint density at radius 2 is 2.22 bits per heavy atom. The van der Waals surface area contributed by atoms with Gasteiger partial charge in [0.15, 0.2) is 0 Å². The number of hydrogen-bond acceptors (Lipinski definition) is 5. The molecule has 0 radical (unpaired) electrons. The Labute approximate surface area is 140 Å². The van der Waals surface area contributed by atoms with E-state index in [9.17, 15) is 13.2 Å². The first-order chi connectivity index (χ1) is 11.0. The van der Waals surface area contributed by atoms with Crippen LogP contribution in [-0.2, 0) is 14.8 Å². The topological polar surface area (TPSA) is 87.6 Å². The molecule has 2 N–H and O–H groups in total. The molecule has 8 heteroatoms. The highest BCUT2D eigenvalue weighted by atomic mass is 32.2. The van der Waals surface area contributed by atoms with Crippen LogP contribution in [0.4, 0.5) is 0 Å². The van der Waals surface area contributed by atoms with Gasteiger partial charge in [0, 0.05) is 12.1 Å². The van der Waals surface area contributed by atoms with Crippen LogP contribution in [-0.4, -0.2) is 44.8 Å². The molecule has 1 aromatic rings. The number of nitrogens with one attached hydrogen (secondary N) is 2. The van der Waals surface area contributed by atoms with Gasteiger partial charge in [0.1, 0.15) is 11.9 Å². The molecule has 0 fully saturated rings. The third kappa shape index (κ3) is 4.14. The second kappa shape index (κ2) is 7.65. The van der Waals surface area contributed by atoms with Gasteiger partial charge in [-0.2, -0.15) is 11.8 Å². The van der Waals surface area contributed by atoms with Gasteiger partial charge in [-0.25, -0.2) is 8.42 Å². The predicted octanol–water partition coefficient (Wildman–Crippen LogP) is 1.15. The molecule has 6 nitrogen and oxygen atoms in total. The molecule has 0 aliphatic carbocycles. The van der Waals surface area contributed by atoms with Gasteiger partial charge >= 0.3 is 0 Å². The molecule has 1 aromatic carbocycles. The molecule has 0 unspecified atom stereocenters. The number of rotatable bonds is 7. The van der Waals surface area contributed by atoms with E-state index in [2.05, 4.69) is 21.6 Å². The summed E-state index contributed by atoms with van der Waals surface area (Å²) in [7, 11) is -3.60. The summed E-state index contributed by atoms with van der Waals surface area (Å²) in [5, 5.41) is 2.71. The number of carbonyl (C=O) groups is 1. The van der Waals surface area contributed by atoms with Gasteiger partial charge in [-0.05, 0) is 30.6 Å². The number of aliphatic imine (C=N–C) groups is 1. The zero-order chi connectivity index (χ0) is 16.9. The van der Waals surface area contributed by atoms with Crippen molar-refractivity contribution >= 4 is 33.5 Å². The zero-order valence-corrected chi connectivity index (χ0v) is 14.4. The van der Waals surface area contributed by atoms with Crippen molar-refractivity contribution in [3.63, 3.8) is 0 Å². The summed E-state index contributed by atoms with van der Waals surface area (Å²) in [4.78, 5) is 16.8. The summed E-state index contributed by atoms with van der Waals surface area (Å²) in [6, 6.07) is 5.95. The van der Waals surface area contributed by atoms with Crippen molar-refractivity contribution in [2.75, 3.05) is 18.6 Å². The highest BCUT2D eigenvalue weighted by Gasteiger charge is 2.31. The van der Waals surface area contributed by atoms with Crippen molar-refractivity contribution in [1.82, 2.24) is 10.0 Å². The summed E-state index contributed by atoms with van der Waals surface area (Å²) in [6.45, 7) is 3.91. The molecule has 0 saturated carbocycles. The third-order valence-electron chi connectivity index (χ3n) is 3.27. The van der Waals surface area contributed by atoms with E-state index in [4.69, 9.17) is 0 Å². The standard InChI is InChI=1S/C15H19N3O3S2/c1-3-9-16-15(19)12(8-10-22-2)17-14-11-6-4-5-7-13(11)23(20,21)18-14/h3-7,12H,1,8-10H2,2H3,(H,16,19)(H,17,18)/t12-/m0/s1. The van der Waals surface area contributed by atoms with Crippen molar-refractivity contribution in [1.29, 1.82) is 0 Å². The molecule has 124 valence electrons. The minimum atomic E-state index is -3.60. The van der Waals surface area contributed by atoms with Gasteiger partial charge in [-0.3, -0.25) is 14.5 Å². The molecule has 0 spiro atoms. The second-order valence-electron chi connectivity index (χ2n) is 4.91. The maximum absolute atomic E-state index is 12.2. The first kappa shape index (κ1) is 17.6. The van der Waals surface area contributed by atoms with E-state index in [0.717, 1.165) is 5.75 Å². The van der Waals surface area contributed by atoms with Crippen molar-refractivity contribution in [2.45, 2.75) is 17.4 Å². The largest absolute Gasteiger partial charge is 0.351 e. The predicted molar refractivity (Wildman–Crippen MR) is 93.3 cm³/mol. The lowest BCUT2D eigenvalue weighted by Crippen LogP contribution is -2.36. The number of amides is 1. The van der Waals surface area contributed by atoms with Crippen molar-refractivity contribution in [3.8, 4) is 0 Å². The van der Waals surface area contributed by atoms with Crippen molar-refractivity contribution in [2.24, 2.45) is 4.99 Å². The average molecular weight is 353 g/mol. The Bertz CT molecular complexity index is 729. The second-order valence-corrected chi connectivity index (χ2v) is 7.55. The van der Waals surface area contributed by atoms with E-state index in [-0.39, 0.29) is 16.6 Å². The molecule has 1 aliphatic rings. The highest BCUT2D eigenvalue weighted by Crippen LogP contribution is 2.23. The highest BCUT2D eigenvalue weighted by molar-refractivity contribution is 7.98. The molecule has 1 atom stereocenters. The molecular weight excluding hydrogens is 334 g/mol. The van der Waals surface area contributed by atoms with E-state index < -0.39 is 16.1 Å². The van der Waals surface area contributed by atoms with Gasteiger partial charge in [0.25, 0.3) is 10.0 Å². The molecule has 1 amide bonds. The van der Waals surface area contributed by atoms with Crippen molar-refractivity contribution < 1.29 is 13.2 Å². The van der Waals surface area contributed by atoms with Gasteiger partial charge in [-0.15, -0.1) is 6.58 Å². The lowest BCUT2D eigenvalue weighted by molar-refractivity contribution is -0.122. The fourth-order valence-electron chi connectivity index (χ4n) is 2.16. The lowest BCUT2D eigenvalue weighted by Gasteiger charge is -2.13. The van der Waals surface area contributed by atoms with E-state index in [1.165, 1.54) is 6.07 Å². The van der Waals surface area contributed by atoms with Crippen LogP contribution < -0.4 is 10.0 Å². The van der Waals surface area contributed by atoms with Gasteiger partial charge in [0.2, 0.25) is 5.91 Å². The quantitative estimate of drug-likeness (QED) is 0.720. The van der Waals surface area contributed by atoms with E-state index in [1.54, 1.807) is 36.0 Å². The maximum Gasteiger partial charge on any atom is 0.263 e. The number of hydrogen-bond donors (Lipinski definition) is 2. The molecule has 0 aromatic heterocycles. The Balaban J connectivity index is 2.32. The van der Waals surface area contributed by atoms with Crippen LogP contribution in [0.15, 0.2) is 46.8 Å². The molecular formula is C15H19N3O3S2. The Morgan fingerprint density at radius 1 is 1.48 bits per heavy atom. The lowest BCUT2D eigenvalue weighted by atomic mass is 10.2. The third-order valence-corrected chi connectivity index (χ3v) is 5.31. The summed E-state index contributed by atoms with van der Waals surface area (Å²) in [5.41, 5.74) is 0.498. The number of nitrogens with zero attached hydrogens (tertiary/aromatic N) is 1. The molecule has 2 rings (SSSR count). The summed E-state index contributed by atoms with van der Waals surface area (Å²) in [5.74, 6) is 0.729. The number of thioether (sulfide) groups is 1. The van der Waals surface area contributed by atoms with Crippen LogP contribution in [0.5, 0.6) is 0 Å². The number of fused-ring (bicyclic) bond motifs is 1. The minimum Gasteiger partial charge on any atom is -0.351 e. The van der Waals surface area contributed by atoms with Gasteiger partial charge in [-0.1, -0.05) is 18.2 Å². The Hall–Kier alpha value is -1.80. The molecule has 1 heterocycles. The number of amidine groups is 1. The first-order valence-corrected chi connectivity index (χ1v) is 9.95. The fourth-order valence-corrected chi connectivity index (χ4v) is 3.86. The Morgan fingerprint density at radius 3 is 2.91 bits per heavy atom. The van der Waals surface area contributed by atoms with Gasteiger partial charge < -0.3 is 5.32 Å². The number of benzene rings is 1. The number of sulfonamides is 1. The van der Waals surface area contributed by atoms with Crippen LogP contribution in [0.25, 0.3) is 0 Å². The van der Waals surface area contributed by atoms with E-state index in [0.29, 0.717) is 18.5 Å². The molecule has 23 heavy (non-hydrogen) atoms. The van der Waals surface area contributed by atoms with Crippen LogP contribution >= 0.6 is 11.8 Å². The average Bonchev–Trinajstić information content (AvgIpc) is 2.80. The molecule has 1 aliphatic heterocycles. The maximum atomic E-state index is 12.2. The van der Waals surface area contributed by atoms with Crippen LogP contribution in [0, 0.1) is 0 Å². The summed E-state index contributed by atoms with van der Waals surface area (Å²) in [6.07, 6.45) is 4.06. The number of carbonyl (C=O) groups excluding carboxylic acids is 1. The smallest absolute Gasteiger partial charge is 0.263 e. The summed E-state index contributed by atoms with van der Waals surface area (Å²) < 4.78 is 26.6. The SMILES string of the molecule is C=CCNC(=O)[C@H](CCSC)N=C1NS(=O)(=O)c2ccccc21. The first-order valence-electron chi connectivity index (χ1n) is 7.07. The Kier molecular flexibility index (Phi) is 5.84.